The SMILES string of the molecule is CCCCC/C=C\C/C=C\CCCCCCCCCCC. The Morgan fingerprint density at radius 2 is 0.810 bits per heavy atom. The van der Waals surface area contributed by atoms with E-state index in [1.54, 1.807) is 0 Å². The summed E-state index contributed by atoms with van der Waals surface area (Å²) in [5.41, 5.74) is 0. The molecular weight excluding hydrogens is 252 g/mol. The van der Waals surface area contributed by atoms with Gasteiger partial charge in [0.15, 0.2) is 0 Å². The van der Waals surface area contributed by atoms with E-state index in [4.69, 9.17) is 0 Å². The molecule has 0 saturated heterocycles. The number of hydrogen-bond acceptors (Lipinski definition) is 0. The molecule has 0 N–H and O–H groups in total. The third kappa shape index (κ3) is 19.5. The van der Waals surface area contributed by atoms with Crippen molar-refractivity contribution in [2.24, 2.45) is 0 Å². The average molecular weight is 293 g/mol. The van der Waals surface area contributed by atoms with Gasteiger partial charge in [-0.15, -0.1) is 0 Å². The molecule has 0 heteroatoms. The molecule has 0 atom stereocenters. The summed E-state index contributed by atoms with van der Waals surface area (Å²) in [6.07, 6.45) is 29.9. The molecule has 0 rings (SSSR count). The van der Waals surface area contributed by atoms with Gasteiger partial charge < -0.3 is 0 Å². The maximum atomic E-state index is 2.37. The summed E-state index contributed by atoms with van der Waals surface area (Å²) in [5.74, 6) is 0. The molecule has 21 heavy (non-hydrogen) atoms. The molecule has 0 saturated carbocycles. The zero-order valence-corrected chi connectivity index (χ0v) is 14.9. The smallest absolute Gasteiger partial charge is 0.0169 e. The molecule has 124 valence electrons. The van der Waals surface area contributed by atoms with E-state index in [0.717, 1.165) is 6.42 Å². The molecule has 0 aromatic heterocycles. The molecular formula is C21H40. The lowest BCUT2D eigenvalue weighted by Gasteiger charge is -2.00. The highest BCUT2D eigenvalue weighted by molar-refractivity contribution is 4.92. The van der Waals surface area contributed by atoms with Crippen LogP contribution >= 0.6 is 0 Å². The number of unbranched alkanes of at least 4 members (excludes halogenated alkanes) is 12. The molecule has 0 unspecified atom stereocenters. The van der Waals surface area contributed by atoms with Gasteiger partial charge in [0.05, 0.1) is 0 Å². The summed E-state index contributed by atoms with van der Waals surface area (Å²) in [5, 5.41) is 0. The summed E-state index contributed by atoms with van der Waals surface area (Å²) in [6.45, 7) is 4.55. The highest BCUT2D eigenvalue weighted by Gasteiger charge is 1.91. The fourth-order valence-electron chi connectivity index (χ4n) is 2.59. The maximum Gasteiger partial charge on any atom is -0.0169 e. The van der Waals surface area contributed by atoms with Crippen LogP contribution in [-0.2, 0) is 0 Å². The molecule has 0 nitrogen and oxygen atoms in total. The molecule has 0 aliphatic carbocycles. The van der Waals surface area contributed by atoms with E-state index in [2.05, 4.69) is 38.2 Å². The molecule has 0 amide bonds. The second kappa shape index (κ2) is 19.5. The van der Waals surface area contributed by atoms with Crippen LogP contribution in [0, 0.1) is 0 Å². The van der Waals surface area contributed by atoms with Crippen LogP contribution in [0.4, 0.5) is 0 Å². The van der Waals surface area contributed by atoms with Crippen LogP contribution in [0.5, 0.6) is 0 Å². The van der Waals surface area contributed by atoms with Crippen LogP contribution in [0.15, 0.2) is 24.3 Å². The van der Waals surface area contributed by atoms with Crippen molar-refractivity contribution in [2.75, 3.05) is 0 Å². The highest BCUT2D eigenvalue weighted by Crippen LogP contribution is 2.10. The van der Waals surface area contributed by atoms with Crippen molar-refractivity contribution in [3.63, 3.8) is 0 Å². The molecule has 0 spiro atoms. The largest absolute Gasteiger partial charge is 0.0882 e. The van der Waals surface area contributed by atoms with Crippen LogP contribution in [0.3, 0.4) is 0 Å². The van der Waals surface area contributed by atoms with Crippen LogP contribution in [0.1, 0.15) is 110 Å². The predicted molar refractivity (Wildman–Crippen MR) is 98.9 cm³/mol. The molecule has 0 bridgehead atoms. The summed E-state index contributed by atoms with van der Waals surface area (Å²) in [4.78, 5) is 0. The van der Waals surface area contributed by atoms with Gasteiger partial charge in [-0.1, -0.05) is 102 Å². The predicted octanol–water partition coefficient (Wildman–Crippen LogP) is 7.99. The van der Waals surface area contributed by atoms with E-state index < -0.39 is 0 Å². The average Bonchev–Trinajstić information content (AvgIpc) is 2.50. The Hall–Kier alpha value is -0.520. The van der Waals surface area contributed by atoms with Gasteiger partial charge in [-0.05, 0) is 32.1 Å². The van der Waals surface area contributed by atoms with Crippen LogP contribution in [-0.4, -0.2) is 0 Å². The minimum atomic E-state index is 1.13. The Balaban J connectivity index is 3.11. The van der Waals surface area contributed by atoms with Crippen molar-refractivity contribution in [3.8, 4) is 0 Å². The lowest BCUT2D eigenvalue weighted by atomic mass is 10.1. The van der Waals surface area contributed by atoms with E-state index in [0.29, 0.717) is 0 Å². The number of rotatable bonds is 16. The zero-order chi connectivity index (χ0) is 15.4. The Labute approximate surface area is 135 Å². The van der Waals surface area contributed by atoms with Gasteiger partial charge in [0.2, 0.25) is 0 Å². The lowest BCUT2D eigenvalue weighted by molar-refractivity contribution is 0.566. The van der Waals surface area contributed by atoms with Crippen LogP contribution in [0.25, 0.3) is 0 Å². The molecule has 0 aromatic rings. The Morgan fingerprint density at radius 1 is 0.429 bits per heavy atom. The van der Waals surface area contributed by atoms with Gasteiger partial charge >= 0.3 is 0 Å². The van der Waals surface area contributed by atoms with E-state index in [9.17, 15) is 0 Å². The first kappa shape index (κ1) is 20.5. The van der Waals surface area contributed by atoms with E-state index in [1.807, 2.05) is 0 Å². The van der Waals surface area contributed by atoms with Crippen molar-refractivity contribution in [1.29, 1.82) is 0 Å². The Kier molecular flexibility index (Phi) is 19.0. The molecule has 0 aliphatic heterocycles. The maximum absolute atomic E-state index is 2.37. The molecule has 0 radical (unpaired) electrons. The van der Waals surface area contributed by atoms with Gasteiger partial charge in [-0.2, -0.15) is 0 Å². The van der Waals surface area contributed by atoms with Gasteiger partial charge in [0.25, 0.3) is 0 Å². The van der Waals surface area contributed by atoms with Crippen molar-refractivity contribution in [1.82, 2.24) is 0 Å². The molecule has 0 aromatic carbocycles. The van der Waals surface area contributed by atoms with E-state index >= 15 is 0 Å². The van der Waals surface area contributed by atoms with E-state index in [1.165, 1.54) is 89.9 Å². The van der Waals surface area contributed by atoms with Crippen LogP contribution in [0.2, 0.25) is 0 Å². The minimum absolute atomic E-state index is 1.13. The summed E-state index contributed by atoms with van der Waals surface area (Å²) in [6, 6.07) is 0. The first-order chi connectivity index (χ1) is 10.4. The fourth-order valence-corrected chi connectivity index (χ4v) is 2.59. The first-order valence-electron chi connectivity index (χ1n) is 9.71. The van der Waals surface area contributed by atoms with Gasteiger partial charge in [0, 0.05) is 0 Å². The third-order valence-electron chi connectivity index (χ3n) is 4.05. The van der Waals surface area contributed by atoms with Gasteiger partial charge in [0.1, 0.15) is 0 Å². The van der Waals surface area contributed by atoms with Gasteiger partial charge in [-0.25, -0.2) is 0 Å². The Bertz CT molecular complexity index is 224. The molecule has 0 fully saturated rings. The van der Waals surface area contributed by atoms with Crippen molar-refractivity contribution < 1.29 is 0 Å². The Morgan fingerprint density at radius 3 is 1.33 bits per heavy atom. The zero-order valence-electron chi connectivity index (χ0n) is 14.9. The number of allylic oxidation sites excluding steroid dienone is 4. The lowest BCUT2D eigenvalue weighted by Crippen LogP contribution is -1.80. The molecule has 0 aliphatic rings. The third-order valence-corrected chi connectivity index (χ3v) is 4.05. The second-order valence-electron chi connectivity index (χ2n) is 6.29. The second-order valence-corrected chi connectivity index (χ2v) is 6.29. The minimum Gasteiger partial charge on any atom is -0.0882 e. The van der Waals surface area contributed by atoms with Gasteiger partial charge in [-0.3, -0.25) is 0 Å². The first-order valence-corrected chi connectivity index (χ1v) is 9.71. The monoisotopic (exact) mass is 292 g/mol. The summed E-state index contributed by atoms with van der Waals surface area (Å²) < 4.78 is 0. The number of hydrogen-bond donors (Lipinski definition) is 0. The standard InChI is InChI=1S/C21H40/c1-3-5-7-9-11-13-15-17-19-21-20-18-16-14-12-10-8-6-4-2/h11,13,17,19H,3-10,12,14-16,18,20-21H2,1-2H3/b13-11-,19-17-. The van der Waals surface area contributed by atoms with Crippen molar-refractivity contribution in [3.05, 3.63) is 24.3 Å². The van der Waals surface area contributed by atoms with Crippen LogP contribution < -0.4 is 0 Å². The van der Waals surface area contributed by atoms with Crippen molar-refractivity contribution in [2.45, 2.75) is 110 Å². The summed E-state index contributed by atoms with van der Waals surface area (Å²) >= 11 is 0. The fraction of sp³-hybridized carbons (Fsp3) is 0.810. The van der Waals surface area contributed by atoms with Crippen molar-refractivity contribution >= 4 is 0 Å². The quantitative estimate of drug-likeness (QED) is 0.200. The normalized spacial score (nSPS) is 11.9. The molecule has 0 heterocycles. The summed E-state index contributed by atoms with van der Waals surface area (Å²) in [7, 11) is 0. The topological polar surface area (TPSA) is 0 Å². The van der Waals surface area contributed by atoms with E-state index in [-0.39, 0.29) is 0 Å². The highest BCUT2D eigenvalue weighted by atomic mass is 14.0.